The van der Waals surface area contributed by atoms with E-state index in [1.165, 1.54) is 6.92 Å². The first-order valence-electron chi connectivity index (χ1n) is 13.5. The van der Waals surface area contributed by atoms with E-state index in [-0.39, 0.29) is 17.8 Å². The maximum atomic E-state index is 11.6. The molecule has 0 saturated carbocycles. The summed E-state index contributed by atoms with van der Waals surface area (Å²) in [5, 5.41) is 17.4. The number of carbonyl (C=O) groups excluding carboxylic acids is 1. The van der Waals surface area contributed by atoms with Crippen molar-refractivity contribution in [3.05, 3.63) is 76.7 Å². The minimum absolute atomic E-state index is 0.235. The Morgan fingerprint density at radius 2 is 1.78 bits per heavy atom. The van der Waals surface area contributed by atoms with E-state index in [4.69, 9.17) is 38.0 Å². The fourth-order valence-electron chi connectivity index (χ4n) is 4.95. The Bertz CT molecular complexity index is 1730. The molecule has 3 aromatic heterocycles. The maximum absolute atomic E-state index is 11.6. The number of nitrogens with one attached hydrogen (secondary N) is 1. The Morgan fingerprint density at radius 1 is 1.09 bits per heavy atom. The van der Waals surface area contributed by atoms with Gasteiger partial charge in [0, 0.05) is 79.0 Å². The molecule has 2 aliphatic heterocycles. The van der Waals surface area contributed by atoms with Crippen molar-refractivity contribution >= 4 is 62.7 Å². The number of anilines is 1. The molecule has 2 fully saturated rings. The number of carboxylic acid groups (broad SMARTS) is 1. The molecule has 1 spiro atoms. The van der Waals surface area contributed by atoms with Gasteiger partial charge in [-0.2, -0.15) is 5.10 Å². The van der Waals surface area contributed by atoms with E-state index in [2.05, 4.69) is 32.9 Å². The second-order valence-corrected chi connectivity index (χ2v) is 12.6. The standard InChI is InChI=1S/C24H22Cl2N6O2S.C5H6O3.C2H2/c1-35(33)32-13-24(14-32)11-31(12-24)22-5-2-15(7-28-22)23-17-6-16(3-4-21(17)29-30-23)34-10-18-19(25)8-27-9-20(18)26;1-4(6)2-3-5(7)8;1-2/h2-9H,10-14H2,1H3,(H,29,30);2-3H,1H3,(H,7,8);1-2H/b;3-2+;. The number of rotatable bonds is 8. The number of pyridine rings is 2. The highest BCUT2D eigenvalue weighted by Crippen LogP contribution is 2.42. The topological polar surface area (TPSA) is 142 Å². The number of carbonyl (C=O) groups is 2. The Kier molecular flexibility index (Phi) is 11.0. The number of benzene rings is 1. The van der Waals surface area contributed by atoms with Gasteiger partial charge < -0.3 is 14.7 Å². The number of hydrogen-bond donors (Lipinski definition) is 2. The van der Waals surface area contributed by atoms with E-state index in [1.54, 1.807) is 18.6 Å². The molecular weight excluding hydrogens is 639 g/mol. The van der Waals surface area contributed by atoms with Gasteiger partial charge in [0.25, 0.3) is 0 Å². The molecule has 11 nitrogen and oxygen atoms in total. The van der Waals surface area contributed by atoms with E-state index < -0.39 is 17.0 Å². The third-order valence-electron chi connectivity index (χ3n) is 7.12. The number of allylic oxidation sites excluding steroid dienone is 1. The lowest BCUT2D eigenvalue weighted by atomic mass is 9.74. The molecule has 45 heavy (non-hydrogen) atoms. The first-order valence-corrected chi connectivity index (χ1v) is 15.7. The molecule has 1 unspecified atom stereocenters. The van der Waals surface area contributed by atoms with Crippen LogP contribution < -0.4 is 9.64 Å². The summed E-state index contributed by atoms with van der Waals surface area (Å²) in [6.07, 6.45) is 16.5. The summed E-state index contributed by atoms with van der Waals surface area (Å²) in [6.45, 7) is 5.22. The number of aromatic nitrogens is 4. The molecule has 1 atom stereocenters. The Labute approximate surface area is 272 Å². The monoisotopic (exact) mass is 668 g/mol. The van der Waals surface area contributed by atoms with Gasteiger partial charge in [-0.25, -0.2) is 18.3 Å². The van der Waals surface area contributed by atoms with Gasteiger partial charge in [0.05, 0.1) is 26.5 Å². The van der Waals surface area contributed by atoms with E-state index in [0.717, 1.165) is 66.3 Å². The van der Waals surface area contributed by atoms with Crippen LogP contribution in [0.5, 0.6) is 5.75 Å². The number of H-pyrrole nitrogens is 1. The van der Waals surface area contributed by atoms with Crippen molar-refractivity contribution in [3.8, 4) is 29.9 Å². The average Bonchev–Trinajstić information content (AvgIpc) is 3.39. The number of carboxylic acids is 1. The zero-order valence-electron chi connectivity index (χ0n) is 24.4. The zero-order chi connectivity index (χ0) is 32.7. The SMILES string of the molecule is C#C.CC(=O)/C=C/C(=O)O.CS(=O)N1CC2(CN(c3ccc(-c4n[nH]c5ccc(OCc6c(Cl)cncc6Cl)cc45)cn3)C2)C1. The molecule has 4 aromatic rings. The first kappa shape index (κ1) is 33.6. The van der Waals surface area contributed by atoms with Crippen LogP contribution in [0, 0.1) is 18.3 Å². The van der Waals surface area contributed by atoms with Crippen LogP contribution in [0.1, 0.15) is 12.5 Å². The lowest BCUT2D eigenvalue weighted by Crippen LogP contribution is -2.72. The minimum atomic E-state index is -1.10. The Morgan fingerprint density at radius 3 is 2.33 bits per heavy atom. The average molecular weight is 670 g/mol. The summed E-state index contributed by atoms with van der Waals surface area (Å²) in [5.74, 6) is 0.278. The summed E-state index contributed by atoms with van der Waals surface area (Å²) in [5.41, 5.74) is 3.60. The number of terminal acetylenes is 1. The van der Waals surface area contributed by atoms with Crippen molar-refractivity contribution in [1.82, 2.24) is 24.5 Å². The number of halogens is 2. The van der Waals surface area contributed by atoms with Crippen LogP contribution in [0.15, 0.2) is 61.1 Å². The van der Waals surface area contributed by atoms with Crippen molar-refractivity contribution in [2.45, 2.75) is 13.5 Å². The second-order valence-electron chi connectivity index (χ2n) is 10.4. The highest BCUT2D eigenvalue weighted by Gasteiger charge is 2.53. The third kappa shape index (κ3) is 8.06. The summed E-state index contributed by atoms with van der Waals surface area (Å²) < 4.78 is 19.6. The van der Waals surface area contributed by atoms with E-state index in [0.29, 0.717) is 21.4 Å². The number of nitrogens with zero attached hydrogens (tertiary/aromatic N) is 5. The quantitative estimate of drug-likeness (QED) is 0.200. The number of hydrogen-bond acceptors (Lipinski definition) is 8. The minimum Gasteiger partial charge on any atom is -0.489 e. The van der Waals surface area contributed by atoms with Crippen LogP contribution in [-0.4, -0.2) is 78.0 Å². The van der Waals surface area contributed by atoms with E-state index in [9.17, 15) is 13.8 Å². The molecule has 5 heterocycles. The van der Waals surface area contributed by atoms with Gasteiger partial charge in [-0.15, -0.1) is 12.8 Å². The summed E-state index contributed by atoms with van der Waals surface area (Å²) in [7, 11) is -0.875. The predicted molar refractivity (Wildman–Crippen MR) is 176 cm³/mol. The second kappa shape index (κ2) is 14.7. The smallest absolute Gasteiger partial charge is 0.328 e. The lowest BCUT2D eigenvalue weighted by molar-refractivity contribution is -0.131. The lowest BCUT2D eigenvalue weighted by Gasteiger charge is -2.59. The molecule has 2 aliphatic rings. The van der Waals surface area contributed by atoms with Crippen LogP contribution in [0.2, 0.25) is 10.0 Å². The molecule has 234 valence electrons. The van der Waals surface area contributed by atoms with Crippen LogP contribution >= 0.6 is 23.2 Å². The summed E-state index contributed by atoms with van der Waals surface area (Å²) in [6, 6.07) is 9.84. The van der Waals surface area contributed by atoms with Crippen LogP contribution in [0.25, 0.3) is 22.2 Å². The van der Waals surface area contributed by atoms with Gasteiger partial charge >= 0.3 is 5.97 Å². The molecule has 1 aromatic carbocycles. The fraction of sp³-hybridized carbons (Fsp3) is 0.258. The molecule has 0 amide bonds. The highest BCUT2D eigenvalue weighted by molar-refractivity contribution is 7.81. The highest BCUT2D eigenvalue weighted by atomic mass is 35.5. The number of fused-ring (bicyclic) bond motifs is 1. The van der Waals surface area contributed by atoms with Gasteiger partial charge in [-0.1, -0.05) is 23.2 Å². The van der Waals surface area contributed by atoms with Crippen LogP contribution in [0.4, 0.5) is 5.82 Å². The van der Waals surface area contributed by atoms with Gasteiger partial charge in [0.1, 0.15) is 23.9 Å². The molecular formula is C31H30Cl2N6O5S. The molecule has 2 N–H and O–H groups in total. The molecule has 0 radical (unpaired) electrons. The van der Waals surface area contributed by atoms with Crippen molar-refractivity contribution in [1.29, 1.82) is 0 Å². The van der Waals surface area contributed by atoms with Crippen molar-refractivity contribution in [2.75, 3.05) is 37.3 Å². The molecule has 0 bridgehead atoms. The largest absolute Gasteiger partial charge is 0.489 e. The van der Waals surface area contributed by atoms with Gasteiger partial charge in [0.2, 0.25) is 0 Å². The van der Waals surface area contributed by atoms with Gasteiger partial charge in [-0.05, 0) is 43.3 Å². The molecule has 6 rings (SSSR count). The van der Waals surface area contributed by atoms with Crippen molar-refractivity contribution < 1.29 is 23.6 Å². The summed E-state index contributed by atoms with van der Waals surface area (Å²) in [4.78, 5) is 30.6. The third-order valence-corrected chi connectivity index (χ3v) is 8.75. The zero-order valence-corrected chi connectivity index (χ0v) is 26.8. The van der Waals surface area contributed by atoms with Crippen molar-refractivity contribution in [2.24, 2.45) is 5.41 Å². The fourth-order valence-corrected chi connectivity index (χ4v) is 6.33. The van der Waals surface area contributed by atoms with E-state index in [1.807, 2.05) is 40.8 Å². The number of ketones is 1. The normalized spacial score (nSPS) is 15.6. The predicted octanol–water partition coefficient (Wildman–Crippen LogP) is 4.79. The molecule has 0 aliphatic carbocycles. The van der Waals surface area contributed by atoms with Crippen LogP contribution in [-0.2, 0) is 27.2 Å². The van der Waals surface area contributed by atoms with Crippen LogP contribution in [0.3, 0.4) is 0 Å². The van der Waals surface area contributed by atoms with E-state index >= 15 is 0 Å². The number of aromatic amines is 1. The maximum Gasteiger partial charge on any atom is 0.328 e. The number of aliphatic carboxylic acids is 1. The van der Waals surface area contributed by atoms with Crippen molar-refractivity contribution in [3.63, 3.8) is 0 Å². The molecule has 14 heteroatoms. The Balaban J connectivity index is 0.000000404. The number of ether oxygens (including phenoxy) is 1. The van der Waals surface area contributed by atoms with Gasteiger partial charge in [-0.3, -0.25) is 14.9 Å². The van der Waals surface area contributed by atoms with Gasteiger partial charge in [0.15, 0.2) is 5.78 Å². The Hall–Kier alpha value is -4.28. The first-order chi connectivity index (χ1) is 21.5. The molecule has 2 saturated heterocycles. The summed E-state index contributed by atoms with van der Waals surface area (Å²) >= 11 is 12.4.